The second kappa shape index (κ2) is 7.22. The molecule has 0 bridgehead atoms. The van der Waals surface area contributed by atoms with E-state index in [0.29, 0.717) is 40.8 Å². The molecule has 1 fully saturated rings. The standard InChI is InChI=1S/C20H23ClN4O3/c1-3-24-10-14(20(27)28)18(26)12-7-23-19(16(21)17(12)24)25-8-11-5-4-6-15(22-2)13(11)9-25/h4,6-7,10-11,13,15,22H,3,5,8-9H2,1-2H3,(H,27,28)/t11-,13+,15-/m1/s1. The molecule has 2 aromatic rings. The van der Waals surface area contributed by atoms with Crippen molar-refractivity contribution in [1.29, 1.82) is 0 Å². The topological polar surface area (TPSA) is 87.5 Å². The molecule has 0 unspecified atom stereocenters. The van der Waals surface area contributed by atoms with Crippen LogP contribution in [-0.4, -0.2) is 46.8 Å². The highest BCUT2D eigenvalue weighted by Crippen LogP contribution is 2.38. The monoisotopic (exact) mass is 402 g/mol. The number of hydrogen-bond donors (Lipinski definition) is 2. The predicted octanol–water partition coefficient (Wildman–Crippen LogP) is 2.37. The summed E-state index contributed by atoms with van der Waals surface area (Å²) in [4.78, 5) is 30.7. The normalized spacial score (nSPS) is 24.0. The zero-order valence-electron chi connectivity index (χ0n) is 15.9. The Bertz CT molecular complexity index is 1030. The molecule has 2 aliphatic rings. The van der Waals surface area contributed by atoms with Gasteiger partial charge in [0, 0.05) is 44.0 Å². The number of allylic oxidation sites excluding steroid dienone is 1. The minimum Gasteiger partial charge on any atom is -0.477 e. The Hall–Kier alpha value is -2.38. The molecule has 148 valence electrons. The molecule has 2 N–H and O–H groups in total. The van der Waals surface area contributed by atoms with Crippen molar-refractivity contribution in [3.05, 3.63) is 45.4 Å². The van der Waals surface area contributed by atoms with E-state index in [1.807, 2.05) is 14.0 Å². The van der Waals surface area contributed by atoms with Crippen LogP contribution in [0.2, 0.25) is 5.02 Å². The van der Waals surface area contributed by atoms with Gasteiger partial charge < -0.3 is 19.9 Å². The van der Waals surface area contributed by atoms with E-state index in [4.69, 9.17) is 11.6 Å². The van der Waals surface area contributed by atoms with Crippen molar-refractivity contribution in [2.45, 2.75) is 25.9 Å². The number of aromatic carboxylic acids is 1. The second-order valence-electron chi connectivity index (χ2n) is 7.43. The molecular formula is C20H23ClN4O3. The molecule has 0 spiro atoms. The van der Waals surface area contributed by atoms with Crippen LogP contribution in [0.3, 0.4) is 0 Å². The number of aryl methyl sites for hydroxylation is 1. The predicted molar refractivity (Wildman–Crippen MR) is 109 cm³/mol. The van der Waals surface area contributed by atoms with E-state index in [9.17, 15) is 14.7 Å². The number of pyridine rings is 2. The number of likely N-dealkylation sites (N-methyl/N-ethyl adjacent to an activating group) is 1. The molecule has 7 nitrogen and oxygen atoms in total. The Morgan fingerprint density at radius 3 is 2.89 bits per heavy atom. The molecule has 1 aliphatic heterocycles. The molecule has 0 aromatic carbocycles. The lowest BCUT2D eigenvalue weighted by molar-refractivity contribution is 0.0695. The zero-order chi connectivity index (χ0) is 20.0. The van der Waals surface area contributed by atoms with Gasteiger partial charge in [-0.2, -0.15) is 0 Å². The van der Waals surface area contributed by atoms with Gasteiger partial charge in [-0.15, -0.1) is 0 Å². The number of carboxylic acid groups (broad SMARTS) is 1. The number of carbonyl (C=O) groups is 1. The van der Waals surface area contributed by atoms with Crippen molar-refractivity contribution in [1.82, 2.24) is 14.9 Å². The molecule has 8 heteroatoms. The Morgan fingerprint density at radius 1 is 1.43 bits per heavy atom. The first-order valence-electron chi connectivity index (χ1n) is 9.50. The van der Waals surface area contributed by atoms with Crippen LogP contribution in [0.5, 0.6) is 0 Å². The molecule has 0 amide bonds. The summed E-state index contributed by atoms with van der Waals surface area (Å²) < 4.78 is 1.72. The largest absolute Gasteiger partial charge is 0.477 e. The first-order valence-corrected chi connectivity index (χ1v) is 9.87. The maximum atomic E-state index is 12.6. The molecule has 3 heterocycles. The maximum Gasteiger partial charge on any atom is 0.341 e. The van der Waals surface area contributed by atoms with Gasteiger partial charge in [0.1, 0.15) is 16.4 Å². The molecule has 1 saturated heterocycles. The van der Waals surface area contributed by atoms with Crippen molar-refractivity contribution in [2.24, 2.45) is 11.8 Å². The first kappa shape index (κ1) is 19.0. The summed E-state index contributed by atoms with van der Waals surface area (Å²) in [5, 5.41) is 13.3. The number of anilines is 1. The molecule has 3 atom stereocenters. The van der Waals surface area contributed by atoms with Crippen LogP contribution in [0.25, 0.3) is 10.9 Å². The Balaban J connectivity index is 1.80. The van der Waals surface area contributed by atoms with Crippen LogP contribution in [0.1, 0.15) is 23.7 Å². The van der Waals surface area contributed by atoms with Gasteiger partial charge in [0.2, 0.25) is 5.43 Å². The second-order valence-corrected chi connectivity index (χ2v) is 7.81. The number of halogens is 1. The Labute approximate surface area is 167 Å². The zero-order valence-corrected chi connectivity index (χ0v) is 16.6. The van der Waals surface area contributed by atoms with E-state index in [2.05, 4.69) is 27.4 Å². The van der Waals surface area contributed by atoms with Crippen molar-refractivity contribution < 1.29 is 9.90 Å². The smallest absolute Gasteiger partial charge is 0.341 e. The molecule has 2 aromatic heterocycles. The Kier molecular flexibility index (Phi) is 4.89. The molecular weight excluding hydrogens is 380 g/mol. The fourth-order valence-electron chi connectivity index (χ4n) is 4.54. The summed E-state index contributed by atoms with van der Waals surface area (Å²) in [6.07, 6.45) is 8.32. The fraction of sp³-hybridized carbons (Fsp3) is 0.450. The number of aromatic nitrogens is 2. The van der Waals surface area contributed by atoms with E-state index in [-0.39, 0.29) is 10.9 Å². The van der Waals surface area contributed by atoms with E-state index in [1.165, 1.54) is 12.4 Å². The minimum absolute atomic E-state index is 0.238. The van der Waals surface area contributed by atoms with E-state index in [0.717, 1.165) is 19.5 Å². The highest BCUT2D eigenvalue weighted by molar-refractivity contribution is 6.37. The lowest BCUT2D eigenvalue weighted by atomic mass is 9.82. The fourth-order valence-corrected chi connectivity index (χ4v) is 4.92. The van der Waals surface area contributed by atoms with Gasteiger partial charge in [-0.05, 0) is 26.3 Å². The summed E-state index contributed by atoms with van der Waals surface area (Å²) in [6.45, 7) is 4.08. The number of nitrogens with zero attached hydrogens (tertiary/aromatic N) is 3. The van der Waals surface area contributed by atoms with Gasteiger partial charge in [0.15, 0.2) is 0 Å². The third-order valence-electron chi connectivity index (χ3n) is 5.98. The minimum atomic E-state index is -1.25. The Morgan fingerprint density at radius 2 is 2.21 bits per heavy atom. The van der Waals surface area contributed by atoms with E-state index >= 15 is 0 Å². The molecule has 28 heavy (non-hydrogen) atoms. The van der Waals surface area contributed by atoms with Gasteiger partial charge in [-0.1, -0.05) is 23.8 Å². The molecule has 1 aliphatic carbocycles. The van der Waals surface area contributed by atoms with Gasteiger partial charge in [-0.25, -0.2) is 9.78 Å². The number of nitrogens with one attached hydrogen (secondary N) is 1. The SMILES string of the molecule is CCn1cc(C(=O)O)c(=O)c2cnc(N3C[C@H]4CC=C[C@@H](NC)[C@H]4C3)c(Cl)c21. The van der Waals surface area contributed by atoms with Crippen molar-refractivity contribution in [3.8, 4) is 0 Å². The van der Waals surface area contributed by atoms with Crippen LogP contribution < -0.4 is 15.6 Å². The average Bonchev–Trinajstić information content (AvgIpc) is 3.12. The highest BCUT2D eigenvalue weighted by atomic mass is 35.5. The van der Waals surface area contributed by atoms with Crippen molar-refractivity contribution in [2.75, 3.05) is 25.0 Å². The van der Waals surface area contributed by atoms with E-state index in [1.54, 1.807) is 4.57 Å². The lowest BCUT2D eigenvalue weighted by Crippen LogP contribution is -2.38. The summed E-state index contributed by atoms with van der Waals surface area (Å²) >= 11 is 6.73. The summed E-state index contributed by atoms with van der Waals surface area (Å²) in [7, 11) is 1.97. The maximum absolute atomic E-state index is 12.6. The summed E-state index contributed by atoms with van der Waals surface area (Å²) in [6, 6.07) is 0.329. The van der Waals surface area contributed by atoms with Gasteiger partial charge in [0.25, 0.3) is 0 Å². The quantitative estimate of drug-likeness (QED) is 0.763. The number of hydrogen-bond acceptors (Lipinski definition) is 5. The first-order chi connectivity index (χ1) is 13.5. The van der Waals surface area contributed by atoms with Gasteiger partial charge >= 0.3 is 5.97 Å². The van der Waals surface area contributed by atoms with Crippen LogP contribution in [0.4, 0.5) is 5.82 Å². The number of carboxylic acids is 1. The van der Waals surface area contributed by atoms with Gasteiger partial charge in [0.05, 0.1) is 10.9 Å². The average molecular weight is 403 g/mol. The highest BCUT2D eigenvalue weighted by Gasteiger charge is 2.39. The summed E-state index contributed by atoms with van der Waals surface area (Å²) in [5.41, 5.74) is -0.278. The lowest BCUT2D eigenvalue weighted by Gasteiger charge is -2.28. The van der Waals surface area contributed by atoms with Crippen LogP contribution in [0.15, 0.2) is 29.3 Å². The number of rotatable bonds is 4. The van der Waals surface area contributed by atoms with Crippen LogP contribution >= 0.6 is 11.6 Å². The molecule has 4 rings (SSSR count). The third kappa shape index (κ3) is 2.89. The van der Waals surface area contributed by atoms with Gasteiger partial charge in [-0.3, -0.25) is 4.79 Å². The molecule has 0 radical (unpaired) electrons. The number of fused-ring (bicyclic) bond motifs is 2. The van der Waals surface area contributed by atoms with E-state index < -0.39 is 11.4 Å². The van der Waals surface area contributed by atoms with Crippen molar-refractivity contribution in [3.63, 3.8) is 0 Å². The third-order valence-corrected chi connectivity index (χ3v) is 6.32. The van der Waals surface area contributed by atoms with Crippen LogP contribution in [-0.2, 0) is 6.54 Å². The van der Waals surface area contributed by atoms with Crippen molar-refractivity contribution >= 4 is 34.3 Å². The molecule has 0 saturated carbocycles. The summed E-state index contributed by atoms with van der Waals surface area (Å²) in [5.74, 6) is 0.414. The van der Waals surface area contributed by atoms with Crippen LogP contribution in [0, 0.1) is 11.8 Å².